The van der Waals surface area contributed by atoms with Gasteiger partial charge in [-0.15, -0.1) is 0 Å². The number of rotatable bonds is 4. The van der Waals surface area contributed by atoms with E-state index in [-0.39, 0.29) is 0 Å². The van der Waals surface area contributed by atoms with Crippen molar-refractivity contribution in [3.8, 4) is 0 Å². The topological polar surface area (TPSA) is 57.9 Å². The van der Waals surface area contributed by atoms with Crippen molar-refractivity contribution in [3.63, 3.8) is 0 Å². The van der Waals surface area contributed by atoms with Gasteiger partial charge in [-0.1, -0.05) is 0 Å². The van der Waals surface area contributed by atoms with E-state index in [9.17, 15) is 0 Å². The molecule has 1 aliphatic rings. The minimum absolute atomic E-state index is 0.785. The molecule has 0 atom stereocenters. The fourth-order valence-electron chi connectivity index (χ4n) is 1.65. The number of aromatic nitrogens is 2. The summed E-state index contributed by atoms with van der Waals surface area (Å²) in [6.45, 7) is 2.80. The van der Waals surface area contributed by atoms with Gasteiger partial charge in [-0.25, -0.2) is 4.98 Å². The molecule has 4 nitrogen and oxygen atoms in total. The summed E-state index contributed by atoms with van der Waals surface area (Å²) in [6, 6.07) is 0. The van der Waals surface area contributed by atoms with Crippen LogP contribution in [0.5, 0.6) is 0 Å². The summed E-state index contributed by atoms with van der Waals surface area (Å²) in [5.41, 5.74) is 7.73. The molecule has 2 rings (SSSR count). The minimum atomic E-state index is 0.785. The summed E-state index contributed by atoms with van der Waals surface area (Å²) in [6.07, 6.45) is 8.17. The summed E-state index contributed by atoms with van der Waals surface area (Å²) in [7, 11) is 0. The van der Waals surface area contributed by atoms with Crippen LogP contribution in [-0.4, -0.2) is 28.0 Å². The van der Waals surface area contributed by atoms with Crippen molar-refractivity contribution in [2.75, 3.05) is 13.1 Å². The summed E-state index contributed by atoms with van der Waals surface area (Å²) >= 11 is 0. The Morgan fingerprint density at radius 1 is 1.50 bits per heavy atom. The monoisotopic (exact) mass is 192 g/mol. The number of hydrogen-bond donors (Lipinski definition) is 2. The highest BCUT2D eigenvalue weighted by Gasteiger charge is 2.11. The van der Waals surface area contributed by atoms with Crippen LogP contribution in [0, 0.1) is 0 Å². The van der Waals surface area contributed by atoms with Crippen LogP contribution < -0.4 is 5.73 Å². The molecule has 2 heterocycles. The first-order chi connectivity index (χ1) is 6.90. The molecule has 0 aromatic carbocycles. The Hall–Kier alpha value is -1.29. The molecule has 76 valence electrons. The number of imidazole rings is 1. The second-order valence-electron chi connectivity index (χ2n) is 3.55. The Balaban J connectivity index is 1.88. The largest absolute Gasteiger partial charge is 0.371 e. The number of unbranched alkanes of at least 4 members (excludes halogenated alkanes) is 1. The predicted molar refractivity (Wildman–Crippen MR) is 56.3 cm³/mol. The zero-order valence-electron chi connectivity index (χ0n) is 8.24. The van der Waals surface area contributed by atoms with Crippen molar-refractivity contribution >= 4 is 6.08 Å². The Bertz CT molecular complexity index is 316. The van der Waals surface area contributed by atoms with Gasteiger partial charge in [0.25, 0.3) is 0 Å². The molecule has 0 unspecified atom stereocenters. The molecule has 0 spiro atoms. The van der Waals surface area contributed by atoms with Crippen LogP contribution in [-0.2, 0) is 6.54 Å². The average molecular weight is 192 g/mol. The second-order valence-corrected chi connectivity index (χ2v) is 3.55. The van der Waals surface area contributed by atoms with E-state index >= 15 is 0 Å². The molecule has 0 amide bonds. The zero-order chi connectivity index (χ0) is 9.80. The maximum absolute atomic E-state index is 5.45. The lowest BCUT2D eigenvalue weighted by molar-refractivity contribution is 0.353. The molecule has 0 saturated carbocycles. The van der Waals surface area contributed by atoms with E-state index in [4.69, 9.17) is 5.73 Å². The summed E-state index contributed by atoms with van der Waals surface area (Å²) < 4.78 is 0. The van der Waals surface area contributed by atoms with Crippen LogP contribution >= 0.6 is 0 Å². The lowest BCUT2D eigenvalue weighted by Gasteiger charge is -2.22. The number of hydrogen-bond acceptors (Lipinski definition) is 3. The fourth-order valence-corrected chi connectivity index (χ4v) is 1.65. The second kappa shape index (κ2) is 4.28. The SMILES string of the molecule is NCCCCN1C=Cc2nc[nH]c2C1. The van der Waals surface area contributed by atoms with Gasteiger partial charge >= 0.3 is 0 Å². The average Bonchev–Trinajstić information content (AvgIpc) is 2.65. The quantitative estimate of drug-likeness (QED) is 0.698. The van der Waals surface area contributed by atoms with E-state index < -0.39 is 0 Å². The molecule has 1 aromatic heterocycles. The first-order valence-corrected chi connectivity index (χ1v) is 5.04. The molecule has 1 aromatic rings. The van der Waals surface area contributed by atoms with Crippen LogP contribution in [0.3, 0.4) is 0 Å². The van der Waals surface area contributed by atoms with Crippen molar-refractivity contribution in [1.29, 1.82) is 0 Å². The van der Waals surface area contributed by atoms with Crippen molar-refractivity contribution in [1.82, 2.24) is 14.9 Å². The lowest BCUT2D eigenvalue weighted by atomic mass is 10.2. The molecule has 1 aliphatic heterocycles. The van der Waals surface area contributed by atoms with Gasteiger partial charge in [0.1, 0.15) is 0 Å². The van der Waals surface area contributed by atoms with Gasteiger partial charge in [0.2, 0.25) is 0 Å². The predicted octanol–water partition coefficient (Wildman–Crippen LogP) is 0.935. The summed E-state index contributed by atoms with van der Waals surface area (Å²) in [5, 5.41) is 0. The first-order valence-electron chi connectivity index (χ1n) is 5.04. The normalized spacial score (nSPS) is 14.5. The molecule has 4 heteroatoms. The maximum atomic E-state index is 5.45. The third-order valence-corrected chi connectivity index (χ3v) is 2.46. The van der Waals surface area contributed by atoms with E-state index in [1.54, 1.807) is 6.33 Å². The van der Waals surface area contributed by atoms with Crippen LogP contribution in [0.25, 0.3) is 6.08 Å². The van der Waals surface area contributed by atoms with Crippen molar-refractivity contribution in [2.24, 2.45) is 5.73 Å². The highest BCUT2D eigenvalue weighted by atomic mass is 15.1. The van der Waals surface area contributed by atoms with Crippen molar-refractivity contribution in [3.05, 3.63) is 23.9 Å². The van der Waals surface area contributed by atoms with E-state index in [0.29, 0.717) is 0 Å². The molecular formula is C10H16N4. The van der Waals surface area contributed by atoms with Gasteiger partial charge in [-0.2, -0.15) is 0 Å². The summed E-state index contributed by atoms with van der Waals surface area (Å²) in [4.78, 5) is 9.64. The highest BCUT2D eigenvalue weighted by Crippen LogP contribution is 2.15. The Morgan fingerprint density at radius 2 is 2.43 bits per heavy atom. The molecule has 0 aliphatic carbocycles. The van der Waals surface area contributed by atoms with E-state index in [1.165, 1.54) is 5.69 Å². The van der Waals surface area contributed by atoms with Crippen molar-refractivity contribution < 1.29 is 0 Å². The first kappa shape index (κ1) is 9.27. The number of fused-ring (bicyclic) bond motifs is 1. The van der Waals surface area contributed by atoms with Gasteiger partial charge in [0.05, 0.1) is 24.3 Å². The molecule has 3 N–H and O–H groups in total. The Morgan fingerprint density at radius 3 is 3.29 bits per heavy atom. The van der Waals surface area contributed by atoms with Gasteiger partial charge in [0.15, 0.2) is 0 Å². The van der Waals surface area contributed by atoms with E-state index in [2.05, 4.69) is 27.1 Å². The van der Waals surface area contributed by atoms with Crippen molar-refractivity contribution in [2.45, 2.75) is 19.4 Å². The zero-order valence-corrected chi connectivity index (χ0v) is 8.24. The standard InChI is InChI=1S/C10H16N4/c11-4-1-2-5-14-6-3-9-10(7-14)13-8-12-9/h3,6,8H,1-2,4-5,7,11H2,(H,12,13). The van der Waals surface area contributed by atoms with Crippen LogP contribution in [0.4, 0.5) is 0 Å². The number of nitrogens with two attached hydrogens (primary N) is 1. The molecule has 0 bridgehead atoms. The van der Waals surface area contributed by atoms with Gasteiger partial charge in [-0.05, 0) is 25.5 Å². The molecule has 14 heavy (non-hydrogen) atoms. The van der Waals surface area contributed by atoms with Gasteiger partial charge < -0.3 is 15.6 Å². The van der Waals surface area contributed by atoms with Gasteiger partial charge in [-0.3, -0.25) is 0 Å². The maximum Gasteiger partial charge on any atom is 0.0929 e. The molecular weight excluding hydrogens is 176 g/mol. The van der Waals surface area contributed by atoms with Crippen LogP contribution in [0.2, 0.25) is 0 Å². The van der Waals surface area contributed by atoms with Crippen LogP contribution in [0.15, 0.2) is 12.5 Å². The third kappa shape index (κ3) is 1.96. The lowest BCUT2D eigenvalue weighted by Crippen LogP contribution is -2.21. The molecule has 0 radical (unpaired) electrons. The highest BCUT2D eigenvalue weighted by molar-refractivity contribution is 5.49. The summed E-state index contributed by atoms with van der Waals surface area (Å²) in [5.74, 6) is 0. The number of aromatic amines is 1. The Kier molecular flexibility index (Phi) is 2.84. The molecule has 0 fully saturated rings. The van der Waals surface area contributed by atoms with Gasteiger partial charge in [0, 0.05) is 12.7 Å². The smallest absolute Gasteiger partial charge is 0.0929 e. The third-order valence-electron chi connectivity index (χ3n) is 2.46. The number of nitrogens with one attached hydrogen (secondary N) is 1. The van der Waals surface area contributed by atoms with E-state index in [0.717, 1.165) is 38.2 Å². The number of nitrogens with zero attached hydrogens (tertiary/aromatic N) is 2. The Labute approximate surface area is 83.8 Å². The number of H-pyrrole nitrogens is 1. The molecule has 0 saturated heterocycles. The minimum Gasteiger partial charge on any atom is -0.371 e. The van der Waals surface area contributed by atoms with E-state index in [1.807, 2.05) is 0 Å². The van der Waals surface area contributed by atoms with Crippen LogP contribution in [0.1, 0.15) is 24.2 Å². The fraction of sp³-hybridized carbons (Fsp3) is 0.500.